The van der Waals surface area contributed by atoms with Crippen LogP contribution in [-0.4, -0.2) is 25.8 Å². The number of aliphatic hydroxyl groups is 1. The van der Waals surface area contributed by atoms with Crippen molar-refractivity contribution in [3.63, 3.8) is 0 Å². The largest absolute Gasteiger partial charge is 0.512 e. The van der Waals surface area contributed by atoms with Gasteiger partial charge in [0.1, 0.15) is 11.6 Å². The van der Waals surface area contributed by atoms with Crippen LogP contribution in [0.1, 0.15) is 129 Å². The van der Waals surface area contributed by atoms with Crippen LogP contribution in [-0.2, 0) is 24.9 Å². The number of hydrogen-bond donors (Lipinski definition) is 1. The minimum atomic E-state index is -0.337. The number of pyridine rings is 1. The molecule has 0 amide bonds. The van der Waals surface area contributed by atoms with Gasteiger partial charge in [0.25, 0.3) is 0 Å². The Morgan fingerprint density at radius 2 is 1.44 bits per heavy atom. The molecule has 1 radical (unpaired) electrons. The van der Waals surface area contributed by atoms with Crippen LogP contribution in [0.2, 0.25) is 0 Å². The third-order valence-electron chi connectivity index (χ3n) is 12.8. The molecule has 59 heavy (non-hydrogen) atoms. The third kappa shape index (κ3) is 8.79. The maximum Gasteiger partial charge on any atom is 0.216 e. The van der Waals surface area contributed by atoms with E-state index in [1.54, 1.807) is 0 Å². The smallest absolute Gasteiger partial charge is 0.216 e. The van der Waals surface area contributed by atoms with Gasteiger partial charge in [-0.3, -0.25) is 9.78 Å². The van der Waals surface area contributed by atoms with Gasteiger partial charge in [-0.25, -0.2) is 9.97 Å². The molecule has 0 aliphatic carbocycles. The van der Waals surface area contributed by atoms with Crippen LogP contribution in [0, 0.1) is 30.7 Å². The average Bonchev–Trinajstić information content (AvgIpc) is 3.62. The quantitative estimate of drug-likeness (QED) is 0.0601. The van der Waals surface area contributed by atoms with Crippen molar-refractivity contribution in [2.45, 2.75) is 121 Å². The summed E-state index contributed by atoms with van der Waals surface area (Å²) in [7, 11) is 0. The predicted octanol–water partition coefficient (Wildman–Crippen LogP) is 14.7. The normalized spacial score (nSPS) is 12.4. The predicted molar refractivity (Wildman–Crippen MR) is 243 cm³/mol. The van der Waals surface area contributed by atoms with Crippen molar-refractivity contribution in [1.29, 1.82) is 0 Å². The molecule has 1 N–H and O–H groups in total. The SMILES string of the molecule is CCC(C)(CC)C(=O)/C=C(\O)C(C)(CC)CC.Cc1nc(-c2[c-]cc(C)c3c2oc2nc(-c4ccccc4)ccc23)c2ccc3cc(C(C)C)cc(C(C)C)c3c2n1.[Ir]. The molecule has 0 saturated carbocycles. The molecule has 0 aliphatic heterocycles. The number of ketones is 1. The van der Waals surface area contributed by atoms with Gasteiger partial charge in [0.15, 0.2) is 5.78 Å². The Labute approximate surface area is 364 Å². The van der Waals surface area contributed by atoms with E-state index in [0.717, 1.165) is 86.8 Å². The summed E-state index contributed by atoms with van der Waals surface area (Å²) in [5, 5.41) is 15.6. The first-order chi connectivity index (χ1) is 27.6. The van der Waals surface area contributed by atoms with Gasteiger partial charge in [0.05, 0.1) is 16.8 Å². The van der Waals surface area contributed by atoms with Crippen molar-refractivity contribution >= 4 is 49.5 Å². The van der Waals surface area contributed by atoms with Gasteiger partial charge in [-0.05, 0) is 78.5 Å². The van der Waals surface area contributed by atoms with Crippen molar-refractivity contribution in [3.05, 3.63) is 113 Å². The number of allylic oxidation sites excluding steroid dienone is 2. The van der Waals surface area contributed by atoms with Crippen LogP contribution in [0.3, 0.4) is 0 Å². The van der Waals surface area contributed by atoms with Crippen LogP contribution in [0.5, 0.6) is 0 Å². The van der Waals surface area contributed by atoms with Crippen LogP contribution in [0.25, 0.3) is 66.3 Å². The molecule has 0 atom stereocenters. The van der Waals surface area contributed by atoms with Crippen molar-refractivity contribution in [2.75, 3.05) is 0 Å². The fourth-order valence-electron chi connectivity index (χ4n) is 7.69. The zero-order chi connectivity index (χ0) is 42.1. The first-order valence-corrected chi connectivity index (χ1v) is 21.1. The van der Waals surface area contributed by atoms with Crippen molar-refractivity contribution in [2.24, 2.45) is 10.8 Å². The molecule has 0 fully saturated rings. The van der Waals surface area contributed by atoms with E-state index in [2.05, 4.69) is 89.2 Å². The number of benzene rings is 4. The Morgan fingerprint density at radius 1 is 0.797 bits per heavy atom. The second-order valence-corrected chi connectivity index (χ2v) is 17.1. The molecule has 0 spiro atoms. The molecule has 3 heterocycles. The van der Waals surface area contributed by atoms with E-state index >= 15 is 0 Å². The molecular formula is C52H60IrN3O3-. The number of aliphatic hydroxyl groups excluding tert-OH is 1. The molecule has 0 unspecified atom stereocenters. The van der Waals surface area contributed by atoms with E-state index in [9.17, 15) is 9.90 Å². The van der Waals surface area contributed by atoms with Crippen LogP contribution >= 0.6 is 0 Å². The Hall–Kier alpha value is -4.71. The zero-order valence-electron chi connectivity index (χ0n) is 36.9. The van der Waals surface area contributed by atoms with Crippen LogP contribution < -0.4 is 0 Å². The third-order valence-corrected chi connectivity index (χ3v) is 12.8. The van der Waals surface area contributed by atoms with Crippen LogP contribution in [0.4, 0.5) is 0 Å². The molecule has 311 valence electrons. The maximum absolute atomic E-state index is 12.2. The van der Waals surface area contributed by atoms with E-state index in [0.29, 0.717) is 17.5 Å². The fraction of sp³-hybridized carbons (Fsp3) is 0.385. The summed E-state index contributed by atoms with van der Waals surface area (Å²) in [6.07, 6.45) is 4.75. The first-order valence-electron chi connectivity index (χ1n) is 21.1. The summed E-state index contributed by atoms with van der Waals surface area (Å²) >= 11 is 0. The number of carbonyl (C=O) groups excluding carboxylic acids is 1. The minimum absolute atomic E-state index is 0. The van der Waals surface area contributed by atoms with Crippen molar-refractivity contribution in [3.8, 4) is 22.5 Å². The monoisotopic (exact) mass is 967 g/mol. The number of hydrogen-bond acceptors (Lipinski definition) is 6. The number of aromatic nitrogens is 3. The summed E-state index contributed by atoms with van der Waals surface area (Å²) in [4.78, 5) is 27.1. The van der Waals surface area contributed by atoms with Crippen LogP contribution in [0.15, 0.2) is 89.0 Å². The second kappa shape index (κ2) is 18.3. The molecular weight excluding hydrogens is 907 g/mol. The molecule has 3 aromatic heterocycles. The number of furan rings is 1. The van der Waals surface area contributed by atoms with Gasteiger partial charge >= 0.3 is 0 Å². The summed E-state index contributed by atoms with van der Waals surface area (Å²) in [6.45, 7) is 25.2. The Balaban J connectivity index is 0.000000314. The standard InChI is InChI=1S/C37H32N3O.C15H28O2.Ir/c1-20(2)26-18-25-13-15-28-34(38-23(6)39-35(28)33(25)30(19-26)21(3)4)29-14-12-22(5)32-27-16-17-31(24-10-8-7-9-11-24)40-37(27)41-36(29)32;1-7-14(5,8-2)12(16)11-13(17)15(6,9-3)10-4;/h7-13,15-21H,1-6H3;11,16H,7-10H2,1-6H3;/q-1;;/b;12-11-;. The van der Waals surface area contributed by atoms with Gasteiger partial charge in [-0.1, -0.05) is 142 Å². The number of rotatable bonds is 11. The summed E-state index contributed by atoms with van der Waals surface area (Å²) in [6, 6.07) is 29.0. The molecule has 0 saturated heterocycles. The van der Waals surface area contributed by atoms with E-state index in [-0.39, 0.29) is 42.5 Å². The fourth-order valence-corrected chi connectivity index (χ4v) is 7.69. The molecule has 7 heteroatoms. The van der Waals surface area contributed by atoms with E-state index in [1.165, 1.54) is 28.0 Å². The number of fused-ring (bicyclic) bond motifs is 6. The Bertz CT molecular complexity index is 2650. The second-order valence-electron chi connectivity index (χ2n) is 17.1. The topological polar surface area (TPSA) is 89.1 Å². The maximum atomic E-state index is 12.2. The minimum Gasteiger partial charge on any atom is -0.512 e. The van der Waals surface area contributed by atoms with Gasteiger partial charge in [0, 0.05) is 59.0 Å². The van der Waals surface area contributed by atoms with Gasteiger partial charge < -0.3 is 9.52 Å². The molecule has 0 bridgehead atoms. The van der Waals surface area contributed by atoms with E-state index in [1.807, 2.05) is 72.7 Å². The molecule has 7 aromatic rings. The molecule has 0 aliphatic rings. The zero-order valence-corrected chi connectivity index (χ0v) is 39.3. The average molecular weight is 967 g/mol. The van der Waals surface area contributed by atoms with Gasteiger partial charge in [-0.2, -0.15) is 0 Å². The molecule has 6 nitrogen and oxygen atoms in total. The Morgan fingerprint density at radius 3 is 2.05 bits per heavy atom. The molecule has 7 rings (SSSR count). The summed E-state index contributed by atoms with van der Waals surface area (Å²) < 4.78 is 6.56. The summed E-state index contributed by atoms with van der Waals surface area (Å²) in [5.41, 5.74) is 9.15. The van der Waals surface area contributed by atoms with Gasteiger partial charge in [-0.15, -0.1) is 17.7 Å². The molecule has 4 aromatic carbocycles. The number of aryl methyl sites for hydroxylation is 2. The van der Waals surface area contributed by atoms with Crippen molar-refractivity contribution in [1.82, 2.24) is 15.0 Å². The van der Waals surface area contributed by atoms with Crippen molar-refractivity contribution < 1.29 is 34.4 Å². The van der Waals surface area contributed by atoms with E-state index in [4.69, 9.17) is 19.4 Å². The first kappa shape index (κ1) is 45.4. The number of carbonyl (C=O) groups is 1. The summed E-state index contributed by atoms with van der Waals surface area (Å²) in [5.74, 6) is 1.83. The van der Waals surface area contributed by atoms with Gasteiger partial charge in [0.2, 0.25) is 5.71 Å². The number of nitrogens with zero attached hydrogens (tertiary/aromatic N) is 3. The van der Waals surface area contributed by atoms with E-state index < -0.39 is 0 Å². The Kier molecular flexibility index (Phi) is 14.1.